The first-order valence-corrected chi connectivity index (χ1v) is 10.1. The van der Waals surface area contributed by atoms with Crippen molar-refractivity contribution in [2.24, 2.45) is 5.92 Å². The number of aromatic nitrogens is 2. The highest BCUT2D eigenvalue weighted by molar-refractivity contribution is 7.09. The second-order valence-corrected chi connectivity index (χ2v) is 7.71. The molecule has 28 heavy (non-hydrogen) atoms. The van der Waals surface area contributed by atoms with Crippen molar-refractivity contribution in [3.8, 4) is 17.2 Å². The Morgan fingerprint density at radius 1 is 1.25 bits per heavy atom. The van der Waals surface area contributed by atoms with E-state index in [2.05, 4.69) is 15.5 Å². The number of ether oxygens (including phenoxy) is 1. The molecule has 2 aromatic heterocycles. The van der Waals surface area contributed by atoms with Crippen LogP contribution in [0.3, 0.4) is 0 Å². The van der Waals surface area contributed by atoms with Crippen LogP contribution in [-0.4, -0.2) is 36.3 Å². The van der Waals surface area contributed by atoms with Gasteiger partial charge in [-0.15, -0.1) is 16.4 Å². The number of thiophene rings is 1. The van der Waals surface area contributed by atoms with E-state index in [9.17, 15) is 4.79 Å². The highest BCUT2D eigenvalue weighted by Gasteiger charge is 2.27. The Morgan fingerprint density at radius 2 is 2.04 bits per heavy atom. The van der Waals surface area contributed by atoms with Crippen LogP contribution >= 0.6 is 11.3 Å². The molecule has 1 amide bonds. The van der Waals surface area contributed by atoms with Gasteiger partial charge in [-0.1, -0.05) is 11.2 Å². The largest absolute Gasteiger partial charge is 0.497 e. The van der Waals surface area contributed by atoms with E-state index in [4.69, 9.17) is 9.15 Å². The van der Waals surface area contributed by atoms with E-state index >= 15 is 0 Å². The lowest BCUT2D eigenvalue weighted by atomic mass is 9.96. The summed E-state index contributed by atoms with van der Waals surface area (Å²) in [4.78, 5) is 15.6. The predicted octanol–water partition coefficient (Wildman–Crippen LogP) is 3.34. The number of piperidine rings is 1. The van der Waals surface area contributed by atoms with Crippen molar-refractivity contribution in [2.75, 3.05) is 25.1 Å². The van der Waals surface area contributed by atoms with Crippen molar-refractivity contribution in [3.63, 3.8) is 0 Å². The molecule has 0 spiro atoms. The summed E-state index contributed by atoms with van der Waals surface area (Å²) >= 11 is 1.65. The molecule has 8 heteroatoms. The number of methoxy groups -OCH3 is 1. The van der Waals surface area contributed by atoms with Crippen LogP contribution < -0.4 is 15.0 Å². The van der Waals surface area contributed by atoms with Gasteiger partial charge in [-0.2, -0.15) is 0 Å². The minimum Gasteiger partial charge on any atom is -0.497 e. The Kier molecular flexibility index (Phi) is 5.57. The monoisotopic (exact) mass is 398 g/mol. The fourth-order valence-corrected chi connectivity index (χ4v) is 3.90. The van der Waals surface area contributed by atoms with Crippen LogP contribution in [0.4, 0.5) is 6.01 Å². The van der Waals surface area contributed by atoms with Crippen molar-refractivity contribution in [1.82, 2.24) is 15.5 Å². The van der Waals surface area contributed by atoms with E-state index in [0.29, 0.717) is 18.5 Å². The molecule has 3 aromatic rings. The molecule has 0 bridgehead atoms. The van der Waals surface area contributed by atoms with E-state index in [1.807, 2.05) is 46.7 Å². The van der Waals surface area contributed by atoms with Gasteiger partial charge in [-0.3, -0.25) is 4.79 Å². The fourth-order valence-electron chi connectivity index (χ4n) is 3.26. The summed E-state index contributed by atoms with van der Waals surface area (Å²) in [5.41, 5.74) is 0.849. The van der Waals surface area contributed by atoms with Crippen LogP contribution in [0.2, 0.25) is 0 Å². The number of hydrogen-bond donors (Lipinski definition) is 1. The van der Waals surface area contributed by atoms with Crippen LogP contribution in [-0.2, 0) is 11.3 Å². The summed E-state index contributed by atoms with van der Waals surface area (Å²) in [6.45, 7) is 2.05. The lowest BCUT2D eigenvalue weighted by Gasteiger charge is -2.29. The summed E-state index contributed by atoms with van der Waals surface area (Å²) in [5, 5.41) is 13.4. The van der Waals surface area contributed by atoms with Gasteiger partial charge in [0, 0.05) is 29.4 Å². The molecular formula is C20H22N4O3S. The highest BCUT2D eigenvalue weighted by Crippen LogP contribution is 2.27. The van der Waals surface area contributed by atoms with Crippen molar-refractivity contribution >= 4 is 23.3 Å². The summed E-state index contributed by atoms with van der Waals surface area (Å²) < 4.78 is 11.0. The van der Waals surface area contributed by atoms with E-state index in [-0.39, 0.29) is 11.8 Å². The van der Waals surface area contributed by atoms with Crippen molar-refractivity contribution in [3.05, 3.63) is 46.7 Å². The molecule has 1 fully saturated rings. The molecule has 0 unspecified atom stereocenters. The lowest BCUT2D eigenvalue weighted by Crippen LogP contribution is -2.40. The number of hydrogen-bond acceptors (Lipinski definition) is 7. The standard InChI is InChI=1S/C20H22N4O3S/c1-26-16-6-4-15(5-7-16)19-22-23-20(27-19)24-10-8-14(9-11-24)18(25)21-13-17-3-2-12-28-17/h2-7,12,14H,8-11,13H2,1H3,(H,21,25). The molecular weight excluding hydrogens is 376 g/mol. The first kappa shape index (κ1) is 18.5. The van der Waals surface area contributed by atoms with Gasteiger partial charge in [0.2, 0.25) is 11.8 Å². The van der Waals surface area contributed by atoms with Gasteiger partial charge in [0.25, 0.3) is 0 Å². The average molecular weight is 398 g/mol. The van der Waals surface area contributed by atoms with Gasteiger partial charge in [0.05, 0.1) is 13.7 Å². The summed E-state index contributed by atoms with van der Waals surface area (Å²) in [6.07, 6.45) is 1.55. The van der Waals surface area contributed by atoms with Crippen LogP contribution in [0, 0.1) is 5.92 Å². The van der Waals surface area contributed by atoms with Gasteiger partial charge in [-0.25, -0.2) is 0 Å². The SMILES string of the molecule is COc1ccc(-c2nnc(N3CCC(C(=O)NCc4cccs4)CC3)o2)cc1. The topological polar surface area (TPSA) is 80.5 Å². The van der Waals surface area contributed by atoms with Crippen LogP contribution in [0.5, 0.6) is 5.75 Å². The number of carbonyl (C=O) groups is 1. The maximum Gasteiger partial charge on any atom is 0.318 e. The van der Waals surface area contributed by atoms with Crippen molar-refractivity contribution in [1.29, 1.82) is 0 Å². The Labute approximate surface area is 167 Å². The number of nitrogens with zero attached hydrogens (tertiary/aromatic N) is 3. The molecule has 4 rings (SSSR count). The second-order valence-electron chi connectivity index (χ2n) is 6.68. The Hall–Kier alpha value is -2.87. The van der Waals surface area contributed by atoms with Crippen LogP contribution in [0.25, 0.3) is 11.5 Å². The van der Waals surface area contributed by atoms with Gasteiger partial charge in [-0.05, 0) is 48.6 Å². The number of nitrogens with one attached hydrogen (secondary N) is 1. The summed E-state index contributed by atoms with van der Waals surface area (Å²) in [6, 6.07) is 12.0. The zero-order valence-corrected chi connectivity index (χ0v) is 16.4. The fraction of sp³-hybridized carbons (Fsp3) is 0.350. The minimum atomic E-state index is 0.0280. The maximum atomic E-state index is 12.4. The Morgan fingerprint density at radius 3 is 2.71 bits per heavy atom. The van der Waals surface area contributed by atoms with Gasteiger partial charge in [0.1, 0.15) is 5.75 Å². The third-order valence-electron chi connectivity index (χ3n) is 4.90. The molecule has 0 atom stereocenters. The molecule has 7 nitrogen and oxygen atoms in total. The minimum absolute atomic E-state index is 0.0280. The van der Waals surface area contributed by atoms with E-state index in [1.165, 1.54) is 4.88 Å². The molecule has 3 heterocycles. The molecule has 0 radical (unpaired) electrons. The van der Waals surface area contributed by atoms with Crippen LogP contribution in [0.15, 0.2) is 46.2 Å². The number of rotatable bonds is 6. The van der Waals surface area contributed by atoms with Gasteiger partial charge >= 0.3 is 6.01 Å². The van der Waals surface area contributed by atoms with Crippen LogP contribution in [0.1, 0.15) is 17.7 Å². The predicted molar refractivity (Wildman–Crippen MR) is 107 cm³/mol. The number of benzene rings is 1. The second kappa shape index (κ2) is 8.43. The smallest absolute Gasteiger partial charge is 0.318 e. The van der Waals surface area contributed by atoms with Gasteiger partial charge in [0.15, 0.2) is 0 Å². The van der Waals surface area contributed by atoms with Crippen molar-refractivity contribution < 1.29 is 13.9 Å². The van der Waals surface area contributed by atoms with Crippen molar-refractivity contribution in [2.45, 2.75) is 19.4 Å². The molecule has 1 aromatic carbocycles. The molecule has 146 valence electrons. The molecule has 0 saturated carbocycles. The molecule has 1 N–H and O–H groups in total. The first-order chi connectivity index (χ1) is 13.7. The summed E-state index contributed by atoms with van der Waals surface area (Å²) in [7, 11) is 1.63. The molecule has 1 aliphatic heterocycles. The van der Waals surface area contributed by atoms with Gasteiger partial charge < -0.3 is 19.4 Å². The zero-order chi connectivity index (χ0) is 19.3. The van der Waals surface area contributed by atoms with E-state index < -0.39 is 0 Å². The van der Waals surface area contributed by atoms with E-state index in [0.717, 1.165) is 37.2 Å². The summed E-state index contributed by atoms with van der Waals surface area (Å²) in [5.74, 6) is 1.41. The third kappa shape index (κ3) is 4.17. The molecule has 0 aliphatic carbocycles. The quantitative estimate of drug-likeness (QED) is 0.686. The molecule has 1 aliphatic rings. The third-order valence-corrected chi connectivity index (χ3v) is 5.78. The highest BCUT2D eigenvalue weighted by atomic mass is 32.1. The number of anilines is 1. The average Bonchev–Trinajstić information content (AvgIpc) is 3.44. The molecule has 1 saturated heterocycles. The Bertz CT molecular complexity index is 900. The normalized spacial score (nSPS) is 14.8. The number of amides is 1. The van der Waals surface area contributed by atoms with E-state index in [1.54, 1.807) is 18.4 Å². The zero-order valence-electron chi connectivity index (χ0n) is 15.6. The lowest BCUT2D eigenvalue weighted by molar-refractivity contribution is -0.125. The Balaban J connectivity index is 1.31. The first-order valence-electron chi connectivity index (χ1n) is 9.26. The number of carbonyl (C=O) groups excluding carboxylic acids is 1. The maximum absolute atomic E-state index is 12.4.